The molecule has 3 aromatic carbocycles. The van der Waals surface area contributed by atoms with Crippen LogP contribution in [0.1, 0.15) is 22.9 Å². The lowest BCUT2D eigenvalue weighted by Crippen LogP contribution is -2.31. The maximum Gasteiger partial charge on any atom is 0.225 e. The van der Waals surface area contributed by atoms with Crippen molar-refractivity contribution in [1.82, 2.24) is 10.3 Å². The monoisotopic (exact) mass is 378 g/mol. The van der Waals surface area contributed by atoms with Gasteiger partial charge in [0, 0.05) is 6.20 Å². The van der Waals surface area contributed by atoms with Crippen LogP contribution in [-0.4, -0.2) is 10.9 Å². The van der Waals surface area contributed by atoms with Crippen LogP contribution < -0.4 is 5.32 Å². The first-order chi connectivity index (χ1) is 14.3. The highest BCUT2D eigenvalue weighted by atomic mass is 16.1. The fourth-order valence-corrected chi connectivity index (χ4v) is 3.36. The number of carbonyl (C=O) groups is 1. The van der Waals surface area contributed by atoms with Gasteiger partial charge in [-0.3, -0.25) is 9.78 Å². The molecule has 0 saturated carbocycles. The van der Waals surface area contributed by atoms with Crippen molar-refractivity contribution in [2.45, 2.75) is 12.5 Å². The van der Waals surface area contributed by atoms with Crippen LogP contribution in [0.15, 0.2) is 109 Å². The first-order valence-corrected chi connectivity index (χ1v) is 9.69. The lowest BCUT2D eigenvalue weighted by atomic mass is 10.0. The van der Waals surface area contributed by atoms with Crippen LogP contribution in [0.5, 0.6) is 0 Å². The molecule has 0 radical (unpaired) electrons. The van der Waals surface area contributed by atoms with E-state index in [2.05, 4.69) is 34.6 Å². The van der Waals surface area contributed by atoms with Gasteiger partial charge in [-0.15, -0.1) is 0 Å². The molecule has 3 nitrogen and oxygen atoms in total. The third-order valence-electron chi connectivity index (χ3n) is 4.85. The zero-order valence-electron chi connectivity index (χ0n) is 16.0. The molecule has 4 aromatic rings. The van der Waals surface area contributed by atoms with Crippen molar-refractivity contribution < 1.29 is 4.79 Å². The van der Waals surface area contributed by atoms with E-state index in [0.29, 0.717) is 6.42 Å². The summed E-state index contributed by atoms with van der Waals surface area (Å²) in [6.07, 6.45) is 2.07. The molecule has 0 spiro atoms. The van der Waals surface area contributed by atoms with Gasteiger partial charge in [0.15, 0.2) is 0 Å². The predicted molar refractivity (Wildman–Crippen MR) is 116 cm³/mol. The third kappa shape index (κ3) is 4.77. The van der Waals surface area contributed by atoms with Crippen LogP contribution in [-0.2, 0) is 11.2 Å². The summed E-state index contributed by atoms with van der Waals surface area (Å²) in [6, 6.07) is 33.8. The minimum absolute atomic E-state index is 0.0306. The molecule has 0 unspecified atom stereocenters. The Kier molecular flexibility index (Phi) is 5.77. The normalized spacial score (nSPS) is 11.6. The lowest BCUT2D eigenvalue weighted by molar-refractivity contribution is -0.121. The van der Waals surface area contributed by atoms with E-state index in [1.165, 1.54) is 5.56 Å². The maximum absolute atomic E-state index is 12.8. The average Bonchev–Trinajstić information content (AvgIpc) is 2.80. The van der Waals surface area contributed by atoms with Crippen LogP contribution in [0.4, 0.5) is 0 Å². The Morgan fingerprint density at radius 2 is 1.34 bits per heavy atom. The molecule has 142 valence electrons. The second-order valence-electron chi connectivity index (χ2n) is 6.91. The number of nitrogens with zero attached hydrogens (tertiary/aromatic N) is 1. The van der Waals surface area contributed by atoms with Crippen LogP contribution in [0, 0.1) is 0 Å². The second-order valence-corrected chi connectivity index (χ2v) is 6.91. The average molecular weight is 378 g/mol. The summed E-state index contributed by atoms with van der Waals surface area (Å²) < 4.78 is 0. The van der Waals surface area contributed by atoms with E-state index in [-0.39, 0.29) is 11.9 Å². The summed E-state index contributed by atoms with van der Waals surface area (Å²) in [6.45, 7) is 0. The molecule has 1 amide bonds. The van der Waals surface area contributed by atoms with Crippen LogP contribution in [0.2, 0.25) is 0 Å². The highest BCUT2D eigenvalue weighted by molar-refractivity contribution is 5.79. The predicted octanol–water partition coefficient (Wildman–Crippen LogP) is 5.20. The smallest absolute Gasteiger partial charge is 0.225 e. The molecule has 0 aliphatic rings. The molecule has 0 aliphatic heterocycles. The third-order valence-corrected chi connectivity index (χ3v) is 4.85. The van der Waals surface area contributed by atoms with Gasteiger partial charge in [-0.25, -0.2) is 0 Å². The molecule has 0 bridgehead atoms. The van der Waals surface area contributed by atoms with Gasteiger partial charge in [0.2, 0.25) is 5.91 Å². The van der Waals surface area contributed by atoms with E-state index in [0.717, 1.165) is 22.4 Å². The topological polar surface area (TPSA) is 42.0 Å². The minimum Gasteiger partial charge on any atom is -0.343 e. The molecule has 1 heterocycles. The zero-order valence-corrected chi connectivity index (χ0v) is 16.0. The van der Waals surface area contributed by atoms with Crippen LogP contribution >= 0.6 is 0 Å². The number of hydrogen-bond donors (Lipinski definition) is 1. The number of aromatic nitrogens is 1. The molecular weight excluding hydrogens is 356 g/mol. The quantitative estimate of drug-likeness (QED) is 0.501. The van der Waals surface area contributed by atoms with Crippen LogP contribution in [0.25, 0.3) is 11.1 Å². The SMILES string of the molecule is O=C(Cc1ccc(-c2ccccc2)cc1)N[C@H](c1ccccc1)c1ccccn1. The van der Waals surface area contributed by atoms with E-state index in [4.69, 9.17) is 0 Å². The van der Waals surface area contributed by atoms with E-state index >= 15 is 0 Å². The molecule has 0 saturated heterocycles. The van der Waals surface area contributed by atoms with E-state index < -0.39 is 0 Å². The first kappa shape index (κ1) is 18.6. The largest absolute Gasteiger partial charge is 0.343 e. The number of rotatable bonds is 6. The van der Waals surface area contributed by atoms with Crippen molar-refractivity contribution in [2.24, 2.45) is 0 Å². The molecule has 0 fully saturated rings. The van der Waals surface area contributed by atoms with Gasteiger partial charge in [-0.2, -0.15) is 0 Å². The molecule has 3 heteroatoms. The van der Waals surface area contributed by atoms with E-state index in [1.54, 1.807) is 6.20 Å². The van der Waals surface area contributed by atoms with Crippen molar-refractivity contribution in [2.75, 3.05) is 0 Å². The molecule has 1 aromatic heterocycles. The highest BCUT2D eigenvalue weighted by Crippen LogP contribution is 2.21. The number of pyridine rings is 1. The Labute approximate surface area is 171 Å². The zero-order chi connectivity index (χ0) is 19.9. The van der Waals surface area contributed by atoms with Crippen molar-refractivity contribution in [1.29, 1.82) is 0 Å². The van der Waals surface area contributed by atoms with Gasteiger partial charge in [0.05, 0.1) is 18.2 Å². The van der Waals surface area contributed by atoms with Gasteiger partial charge in [-0.1, -0.05) is 91.0 Å². The van der Waals surface area contributed by atoms with Gasteiger partial charge in [-0.05, 0) is 34.4 Å². The number of carbonyl (C=O) groups excluding carboxylic acids is 1. The van der Waals surface area contributed by atoms with Crippen molar-refractivity contribution in [3.63, 3.8) is 0 Å². The number of nitrogens with one attached hydrogen (secondary N) is 1. The standard InChI is InChI=1S/C26H22N2O/c29-25(19-20-14-16-22(17-15-20)21-9-3-1-4-10-21)28-26(23-11-5-2-6-12-23)24-13-7-8-18-27-24/h1-18,26H,19H2,(H,28,29)/t26-/m1/s1. The van der Waals surface area contributed by atoms with Crippen molar-refractivity contribution in [3.8, 4) is 11.1 Å². The fourth-order valence-electron chi connectivity index (χ4n) is 3.36. The molecule has 1 N–H and O–H groups in total. The van der Waals surface area contributed by atoms with Gasteiger partial charge in [0.1, 0.15) is 0 Å². The number of hydrogen-bond acceptors (Lipinski definition) is 2. The van der Waals surface area contributed by atoms with Gasteiger partial charge < -0.3 is 5.32 Å². The summed E-state index contributed by atoms with van der Waals surface area (Å²) in [5.41, 5.74) is 5.13. The summed E-state index contributed by atoms with van der Waals surface area (Å²) in [5, 5.41) is 3.14. The molecular formula is C26H22N2O. The first-order valence-electron chi connectivity index (χ1n) is 9.69. The lowest BCUT2D eigenvalue weighted by Gasteiger charge is -2.19. The Morgan fingerprint density at radius 1 is 0.724 bits per heavy atom. The van der Waals surface area contributed by atoms with E-state index in [9.17, 15) is 4.79 Å². The summed E-state index contributed by atoms with van der Waals surface area (Å²) >= 11 is 0. The number of benzene rings is 3. The van der Waals surface area contributed by atoms with Gasteiger partial charge in [0.25, 0.3) is 0 Å². The Balaban J connectivity index is 1.48. The Hall–Kier alpha value is -3.72. The fraction of sp³-hybridized carbons (Fsp3) is 0.0769. The van der Waals surface area contributed by atoms with Crippen LogP contribution in [0.3, 0.4) is 0 Å². The minimum atomic E-state index is -0.270. The maximum atomic E-state index is 12.8. The molecule has 0 aliphatic carbocycles. The second kappa shape index (κ2) is 8.98. The highest BCUT2D eigenvalue weighted by Gasteiger charge is 2.18. The Morgan fingerprint density at radius 3 is 2.00 bits per heavy atom. The molecule has 29 heavy (non-hydrogen) atoms. The Bertz CT molecular complexity index is 1010. The van der Waals surface area contributed by atoms with Crippen molar-refractivity contribution >= 4 is 5.91 Å². The summed E-state index contributed by atoms with van der Waals surface area (Å²) in [5.74, 6) is -0.0306. The summed E-state index contributed by atoms with van der Waals surface area (Å²) in [7, 11) is 0. The molecule has 1 atom stereocenters. The molecule has 4 rings (SSSR count). The van der Waals surface area contributed by atoms with E-state index in [1.807, 2.05) is 78.9 Å². The number of amides is 1. The van der Waals surface area contributed by atoms with Crippen molar-refractivity contribution in [3.05, 3.63) is 126 Å². The summed E-state index contributed by atoms with van der Waals surface area (Å²) in [4.78, 5) is 17.2. The van der Waals surface area contributed by atoms with Gasteiger partial charge >= 0.3 is 0 Å².